The lowest BCUT2D eigenvalue weighted by Crippen LogP contribution is -2.32. The van der Waals surface area contributed by atoms with Crippen LogP contribution < -0.4 is 5.43 Å². The number of aliphatic hydroxyl groups is 1. The molecule has 0 bridgehead atoms. The van der Waals surface area contributed by atoms with Gasteiger partial charge in [-0.1, -0.05) is 29.3 Å². The molecule has 3 N–H and O–H groups in total. The summed E-state index contributed by atoms with van der Waals surface area (Å²) >= 11 is 12.4. The van der Waals surface area contributed by atoms with Gasteiger partial charge in [-0.25, -0.2) is 0 Å². The van der Waals surface area contributed by atoms with Gasteiger partial charge in [0.15, 0.2) is 5.43 Å². The van der Waals surface area contributed by atoms with Gasteiger partial charge in [0, 0.05) is 35.2 Å². The summed E-state index contributed by atoms with van der Waals surface area (Å²) in [7, 11) is 1.88. The van der Waals surface area contributed by atoms with E-state index in [1.807, 2.05) is 11.9 Å². The molecule has 30 heavy (non-hydrogen) atoms. The van der Waals surface area contributed by atoms with E-state index in [0.29, 0.717) is 29.1 Å². The van der Waals surface area contributed by atoms with Gasteiger partial charge in [0.05, 0.1) is 16.7 Å². The summed E-state index contributed by atoms with van der Waals surface area (Å²) in [6.45, 7) is 0.592. The number of halogens is 3. The third-order valence-corrected chi connectivity index (χ3v) is 6.42. The molecule has 160 valence electrons. The van der Waals surface area contributed by atoms with Crippen molar-refractivity contribution >= 4 is 46.6 Å². The average molecular weight is 473 g/mol. The molecular weight excluding hydrogens is 453 g/mol. The van der Waals surface area contributed by atoms with E-state index in [1.165, 1.54) is 6.07 Å². The quantitative estimate of drug-likeness (QED) is 0.524. The van der Waals surface area contributed by atoms with Crippen LogP contribution in [0.1, 0.15) is 17.9 Å². The topological polar surface area (TPSA) is 94.1 Å². The molecule has 0 aliphatic carbocycles. The molecular formula is C21H20Cl3NO5. The molecule has 0 amide bonds. The first-order valence-corrected chi connectivity index (χ1v) is 9.87. The Kier molecular flexibility index (Phi) is 6.55. The lowest BCUT2D eigenvalue weighted by Gasteiger charge is -2.24. The zero-order chi connectivity index (χ0) is 20.9. The smallest absolute Gasteiger partial charge is 0.197 e. The van der Waals surface area contributed by atoms with Crippen LogP contribution in [0.3, 0.4) is 0 Å². The van der Waals surface area contributed by atoms with Gasteiger partial charge in [0.2, 0.25) is 0 Å². The Balaban J connectivity index is 0.00000256. The van der Waals surface area contributed by atoms with E-state index in [1.54, 1.807) is 18.2 Å². The highest BCUT2D eigenvalue weighted by molar-refractivity contribution is 6.43. The maximum absolute atomic E-state index is 12.8. The molecule has 9 heteroatoms. The van der Waals surface area contributed by atoms with E-state index in [4.69, 9.17) is 27.6 Å². The molecule has 2 atom stereocenters. The van der Waals surface area contributed by atoms with Crippen molar-refractivity contribution in [3.8, 4) is 22.8 Å². The van der Waals surface area contributed by atoms with Crippen LogP contribution in [0.4, 0.5) is 0 Å². The molecule has 0 radical (unpaired) electrons. The van der Waals surface area contributed by atoms with Crippen LogP contribution in [0.5, 0.6) is 11.5 Å². The normalized spacial score (nSPS) is 19.2. The number of aromatic hydroxyl groups is 2. The van der Waals surface area contributed by atoms with E-state index in [9.17, 15) is 20.1 Å². The second-order valence-electron chi connectivity index (χ2n) is 7.23. The Morgan fingerprint density at radius 3 is 2.63 bits per heavy atom. The molecule has 2 heterocycles. The fourth-order valence-corrected chi connectivity index (χ4v) is 4.51. The fourth-order valence-electron chi connectivity index (χ4n) is 4.12. The van der Waals surface area contributed by atoms with Gasteiger partial charge in [0.1, 0.15) is 28.2 Å². The number of rotatable bonds is 3. The molecule has 1 saturated heterocycles. The lowest BCUT2D eigenvalue weighted by atomic mass is 9.89. The molecule has 0 saturated carbocycles. The number of nitrogens with zero attached hydrogens (tertiary/aromatic N) is 1. The minimum Gasteiger partial charge on any atom is -0.507 e. The number of phenols is 2. The summed E-state index contributed by atoms with van der Waals surface area (Å²) in [6.07, 6.45) is 0.654. The lowest BCUT2D eigenvalue weighted by molar-refractivity contribution is 0.172. The van der Waals surface area contributed by atoms with Crippen molar-refractivity contribution < 1.29 is 19.7 Å². The molecule has 6 nitrogen and oxygen atoms in total. The van der Waals surface area contributed by atoms with Crippen LogP contribution in [0.2, 0.25) is 10.0 Å². The maximum Gasteiger partial charge on any atom is 0.197 e. The number of hydrogen-bond donors (Lipinski definition) is 3. The second-order valence-corrected chi connectivity index (χ2v) is 8.02. The minimum atomic E-state index is -0.469. The van der Waals surface area contributed by atoms with Crippen LogP contribution in [0.15, 0.2) is 39.5 Å². The summed E-state index contributed by atoms with van der Waals surface area (Å²) in [5.74, 6) is -0.661. The third kappa shape index (κ3) is 3.63. The average Bonchev–Trinajstić information content (AvgIpc) is 3.03. The molecule has 1 fully saturated rings. The van der Waals surface area contributed by atoms with Crippen molar-refractivity contribution in [3.05, 3.63) is 56.2 Å². The molecule has 3 aromatic rings. The van der Waals surface area contributed by atoms with Crippen LogP contribution in [-0.4, -0.2) is 46.5 Å². The number of benzene rings is 2. The predicted octanol–water partition coefficient (Wildman–Crippen LogP) is 4.38. The first-order chi connectivity index (χ1) is 13.8. The van der Waals surface area contributed by atoms with E-state index < -0.39 is 5.43 Å². The largest absolute Gasteiger partial charge is 0.507 e. The highest BCUT2D eigenvalue weighted by atomic mass is 35.5. The Hall–Kier alpha value is -1.96. The van der Waals surface area contributed by atoms with Crippen LogP contribution >= 0.6 is 35.6 Å². The molecule has 1 aliphatic heterocycles. The van der Waals surface area contributed by atoms with E-state index in [0.717, 1.165) is 6.07 Å². The van der Waals surface area contributed by atoms with E-state index in [-0.39, 0.29) is 64.2 Å². The first kappa shape index (κ1) is 22.7. The molecule has 2 aromatic carbocycles. The van der Waals surface area contributed by atoms with Gasteiger partial charge in [-0.05, 0) is 32.1 Å². The predicted molar refractivity (Wildman–Crippen MR) is 119 cm³/mol. The summed E-state index contributed by atoms with van der Waals surface area (Å²) in [5.41, 5.74) is 0.426. The highest BCUT2D eigenvalue weighted by Crippen LogP contribution is 2.44. The van der Waals surface area contributed by atoms with Gasteiger partial charge in [0.25, 0.3) is 0 Å². The van der Waals surface area contributed by atoms with Crippen molar-refractivity contribution in [1.29, 1.82) is 0 Å². The van der Waals surface area contributed by atoms with Gasteiger partial charge in [-0.2, -0.15) is 0 Å². The fraction of sp³-hybridized carbons (Fsp3) is 0.286. The van der Waals surface area contributed by atoms with Crippen LogP contribution in [-0.2, 0) is 0 Å². The van der Waals surface area contributed by atoms with Crippen LogP contribution in [0, 0.1) is 0 Å². The Morgan fingerprint density at radius 1 is 1.20 bits per heavy atom. The molecule has 0 unspecified atom stereocenters. The molecule has 4 rings (SSSR count). The monoisotopic (exact) mass is 471 g/mol. The van der Waals surface area contributed by atoms with Crippen molar-refractivity contribution in [3.63, 3.8) is 0 Å². The standard InChI is InChI=1S/C21H19Cl2NO5.ClH/c1-24-6-5-10(13(24)9-25)18-14(26)7-15(27)19-16(28)8-17(29-21(18)19)11-3-2-4-12(22)20(11)23;/h2-4,7-8,10,13,25-27H,5-6,9H2,1H3;1H/t10-,13+;/m1./s1. The summed E-state index contributed by atoms with van der Waals surface area (Å²) in [4.78, 5) is 14.8. The minimum absolute atomic E-state index is 0. The summed E-state index contributed by atoms with van der Waals surface area (Å²) in [6, 6.07) is 7.11. The molecule has 1 aliphatic rings. The van der Waals surface area contributed by atoms with Crippen LogP contribution in [0.25, 0.3) is 22.3 Å². The number of fused-ring (bicyclic) bond motifs is 1. The zero-order valence-corrected chi connectivity index (χ0v) is 18.3. The van der Waals surface area contributed by atoms with Gasteiger partial charge in [-0.15, -0.1) is 12.4 Å². The van der Waals surface area contributed by atoms with Crippen molar-refractivity contribution in [2.75, 3.05) is 20.2 Å². The number of likely N-dealkylation sites (tertiary alicyclic amines) is 1. The second kappa shape index (κ2) is 8.65. The molecule has 1 aromatic heterocycles. The first-order valence-electron chi connectivity index (χ1n) is 9.11. The van der Waals surface area contributed by atoms with E-state index in [2.05, 4.69) is 0 Å². The summed E-state index contributed by atoms with van der Waals surface area (Å²) in [5, 5.41) is 31.3. The zero-order valence-electron chi connectivity index (χ0n) is 15.9. The van der Waals surface area contributed by atoms with Gasteiger partial charge < -0.3 is 24.6 Å². The Bertz CT molecular complexity index is 1160. The Labute approximate surface area is 188 Å². The third-order valence-electron chi connectivity index (χ3n) is 5.60. The number of aliphatic hydroxyl groups excluding tert-OH is 1. The number of hydrogen-bond acceptors (Lipinski definition) is 6. The van der Waals surface area contributed by atoms with Gasteiger partial charge in [-0.3, -0.25) is 4.79 Å². The van der Waals surface area contributed by atoms with E-state index >= 15 is 0 Å². The Morgan fingerprint density at radius 2 is 1.93 bits per heavy atom. The van der Waals surface area contributed by atoms with Crippen molar-refractivity contribution in [1.82, 2.24) is 4.90 Å². The number of likely N-dealkylation sites (N-methyl/N-ethyl adjacent to an activating group) is 1. The SMILES string of the molecule is CN1CC[C@@H](c2c(O)cc(O)c3c(=O)cc(-c4cccc(Cl)c4Cl)oc23)[C@@H]1CO.Cl. The highest BCUT2D eigenvalue weighted by Gasteiger charge is 2.36. The van der Waals surface area contributed by atoms with Crippen molar-refractivity contribution in [2.45, 2.75) is 18.4 Å². The van der Waals surface area contributed by atoms with Crippen molar-refractivity contribution in [2.24, 2.45) is 0 Å². The maximum atomic E-state index is 12.8. The molecule has 0 spiro atoms. The number of phenolic OH excluding ortho intramolecular Hbond substituents is 2. The summed E-state index contributed by atoms with van der Waals surface area (Å²) < 4.78 is 6.03. The van der Waals surface area contributed by atoms with Gasteiger partial charge >= 0.3 is 0 Å².